The molecule has 9 nitrogen and oxygen atoms in total. The maximum Gasteiger partial charge on any atom is 0.230 e. The van der Waals surface area contributed by atoms with Crippen LogP contribution in [0.15, 0.2) is 43.0 Å². The van der Waals surface area contributed by atoms with E-state index in [2.05, 4.69) is 41.5 Å². The lowest BCUT2D eigenvalue weighted by atomic mass is 10.2. The summed E-state index contributed by atoms with van der Waals surface area (Å²) in [6.45, 7) is 3.21. The van der Waals surface area contributed by atoms with E-state index in [-0.39, 0.29) is 0 Å². The van der Waals surface area contributed by atoms with Gasteiger partial charge in [0.15, 0.2) is 0 Å². The predicted octanol–water partition coefficient (Wildman–Crippen LogP) is 3.63. The topological polar surface area (TPSA) is 102 Å². The minimum Gasteiger partial charge on any atom is -0.382 e. The Kier molecular flexibility index (Phi) is 5.49. The fourth-order valence-corrected chi connectivity index (χ4v) is 4.94. The van der Waals surface area contributed by atoms with E-state index in [0.29, 0.717) is 23.8 Å². The average Bonchev–Trinajstić information content (AvgIpc) is 3.50. The van der Waals surface area contributed by atoms with E-state index < -0.39 is 0 Å². The number of pyridine rings is 2. The maximum absolute atomic E-state index is 5.50. The van der Waals surface area contributed by atoms with Crippen LogP contribution < -0.4 is 16.0 Å². The molecule has 6 rings (SSSR count). The van der Waals surface area contributed by atoms with Crippen molar-refractivity contribution in [3.8, 4) is 0 Å². The first-order valence-electron chi connectivity index (χ1n) is 11.7. The number of rotatable bonds is 6. The lowest BCUT2D eigenvalue weighted by molar-refractivity contribution is 0.0806. The summed E-state index contributed by atoms with van der Waals surface area (Å²) >= 11 is 0. The fraction of sp³-hybridized carbons (Fsp3) is 0.417. The number of anilines is 3. The highest BCUT2D eigenvalue weighted by Gasteiger charge is 2.23. The Morgan fingerprint density at radius 2 is 2.00 bits per heavy atom. The Bertz CT molecular complexity index is 1240. The average molecular weight is 445 g/mol. The van der Waals surface area contributed by atoms with Crippen LogP contribution in [0.4, 0.5) is 17.5 Å². The van der Waals surface area contributed by atoms with Crippen LogP contribution in [0.25, 0.3) is 21.9 Å². The highest BCUT2D eigenvalue weighted by Crippen LogP contribution is 2.37. The standard InChI is InChI=1S/C24H28N8O/c1-2-4-18(3-1)32-21-14-25-8-7-19(21)20-13-29-24(31-23(20)32)30-22-6-5-16(11-28-22)27-12-17-15-33-10-9-26-17/h5-8,11,13-14,17-18,26-27H,1-4,9-10,12,15H2,(H,28,29,30,31). The molecule has 0 bridgehead atoms. The highest BCUT2D eigenvalue weighted by atomic mass is 16.5. The molecule has 3 N–H and O–H groups in total. The van der Waals surface area contributed by atoms with Gasteiger partial charge in [0.25, 0.3) is 0 Å². The van der Waals surface area contributed by atoms with Crippen molar-refractivity contribution in [2.45, 2.75) is 37.8 Å². The number of nitrogens with zero attached hydrogens (tertiary/aromatic N) is 5. The summed E-state index contributed by atoms with van der Waals surface area (Å²) in [5, 5.41) is 12.3. The number of morpholine rings is 1. The third kappa shape index (κ3) is 4.09. The SMILES string of the molecule is c1cc2c3cnc(Nc4ccc(NCC5COCCN5)cn4)nc3n(C3CCCC3)c2cn1. The zero-order chi connectivity index (χ0) is 22.0. The minimum absolute atomic E-state index is 0.318. The molecule has 1 saturated carbocycles. The van der Waals surface area contributed by atoms with Crippen molar-refractivity contribution < 1.29 is 4.74 Å². The summed E-state index contributed by atoms with van der Waals surface area (Å²) in [5.74, 6) is 1.26. The van der Waals surface area contributed by atoms with E-state index in [1.165, 1.54) is 25.7 Å². The fourth-order valence-electron chi connectivity index (χ4n) is 4.94. The van der Waals surface area contributed by atoms with Crippen molar-refractivity contribution in [1.29, 1.82) is 0 Å². The Hall–Kier alpha value is -3.30. The zero-order valence-electron chi connectivity index (χ0n) is 18.5. The van der Waals surface area contributed by atoms with Crippen molar-refractivity contribution in [1.82, 2.24) is 29.8 Å². The van der Waals surface area contributed by atoms with E-state index >= 15 is 0 Å². The Balaban J connectivity index is 1.23. The van der Waals surface area contributed by atoms with Gasteiger partial charge in [0, 0.05) is 48.3 Å². The summed E-state index contributed by atoms with van der Waals surface area (Å²) in [6, 6.07) is 6.79. The second-order valence-electron chi connectivity index (χ2n) is 8.80. The molecule has 1 atom stereocenters. The molecule has 170 valence electrons. The molecule has 2 aliphatic rings. The summed E-state index contributed by atoms with van der Waals surface area (Å²) < 4.78 is 7.86. The lowest BCUT2D eigenvalue weighted by Crippen LogP contribution is -2.45. The van der Waals surface area contributed by atoms with Gasteiger partial charge < -0.3 is 25.3 Å². The van der Waals surface area contributed by atoms with Crippen LogP contribution in [0.1, 0.15) is 31.7 Å². The van der Waals surface area contributed by atoms with E-state index in [0.717, 1.165) is 53.9 Å². The summed E-state index contributed by atoms with van der Waals surface area (Å²) in [4.78, 5) is 18.4. The van der Waals surface area contributed by atoms with Crippen molar-refractivity contribution in [3.63, 3.8) is 0 Å². The Morgan fingerprint density at radius 1 is 1.06 bits per heavy atom. The molecule has 0 radical (unpaired) electrons. The monoisotopic (exact) mass is 444 g/mol. The van der Waals surface area contributed by atoms with Crippen LogP contribution >= 0.6 is 0 Å². The molecular weight excluding hydrogens is 416 g/mol. The molecule has 0 spiro atoms. The van der Waals surface area contributed by atoms with Crippen LogP contribution in [0.2, 0.25) is 0 Å². The molecule has 4 aromatic heterocycles. The van der Waals surface area contributed by atoms with Gasteiger partial charge in [0.1, 0.15) is 11.5 Å². The largest absolute Gasteiger partial charge is 0.382 e. The van der Waals surface area contributed by atoms with Crippen LogP contribution in [0.5, 0.6) is 0 Å². The van der Waals surface area contributed by atoms with E-state index in [4.69, 9.17) is 9.72 Å². The van der Waals surface area contributed by atoms with Crippen molar-refractivity contribution in [2.75, 3.05) is 36.9 Å². The zero-order valence-corrected chi connectivity index (χ0v) is 18.5. The van der Waals surface area contributed by atoms with Gasteiger partial charge in [0.2, 0.25) is 5.95 Å². The first-order chi connectivity index (χ1) is 16.3. The maximum atomic E-state index is 5.50. The van der Waals surface area contributed by atoms with Gasteiger partial charge in [-0.2, -0.15) is 4.98 Å². The van der Waals surface area contributed by atoms with Gasteiger partial charge in [-0.3, -0.25) is 4.98 Å². The smallest absolute Gasteiger partial charge is 0.230 e. The molecule has 1 aliphatic heterocycles. The molecule has 1 saturated heterocycles. The quantitative estimate of drug-likeness (QED) is 0.414. The minimum atomic E-state index is 0.318. The first kappa shape index (κ1) is 20.3. The molecule has 9 heteroatoms. The number of hydrogen-bond acceptors (Lipinski definition) is 8. The molecular formula is C24H28N8O. The number of aromatic nitrogens is 5. The van der Waals surface area contributed by atoms with E-state index in [1.807, 2.05) is 36.9 Å². The molecule has 1 aliphatic carbocycles. The van der Waals surface area contributed by atoms with Crippen molar-refractivity contribution in [2.24, 2.45) is 0 Å². The lowest BCUT2D eigenvalue weighted by Gasteiger charge is -2.24. The number of ether oxygens (including phenoxy) is 1. The third-order valence-electron chi connectivity index (χ3n) is 6.59. The second-order valence-corrected chi connectivity index (χ2v) is 8.80. The Morgan fingerprint density at radius 3 is 2.82 bits per heavy atom. The molecule has 0 amide bonds. The van der Waals surface area contributed by atoms with Gasteiger partial charge in [-0.25, -0.2) is 9.97 Å². The Labute approximate surface area is 192 Å². The number of hydrogen-bond donors (Lipinski definition) is 3. The molecule has 1 unspecified atom stereocenters. The van der Waals surface area contributed by atoms with Crippen molar-refractivity contribution in [3.05, 3.63) is 43.0 Å². The molecule has 0 aromatic carbocycles. The molecule has 33 heavy (non-hydrogen) atoms. The van der Waals surface area contributed by atoms with Gasteiger partial charge in [0.05, 0.1) is 36.8 Å². The van der Waals surface area contributed by atoms with Crippen LogP contribution in [-0.2, 0) is 4.74 Å². The summed E-state index contributed by atoms with van der Waals surface area (Å²) in [6.07, 6.45) is 12.4. The van der Waals surface area contributed by atoms with Gasteiger partial charge in [-0.15, -0.1) is 0 Å². The third-order valence-corrected chi connectivity index (χ3v) is 6.59. The highest BCUT2D eigenvalue weighted by molar-refractivity contribution is 6.06. The number of fused-ring (bicyclic) bond motifs is 3. The van der Waals surface area contributed by atoms with Crippen LogP contribution in [0.3, 0.4) is 0 Å². The predicted molar refractivity (Wildman–Crippen MR) is 129 cm³/mol. The van der Waals surface area contributed by atoms with Gasteiger partial charge in [-0.05, 0) is 31.0 Å². The summed E-state index contributed by atoms with van der Waals surface area (Å²) in [7, 11) is 0. The normalized spacial score (nSPS) is 19.3. The number of nitrogens with one attached hydrogen (secondary N) is 3. The van der Waals surface area contributed by atoms with Crippen LogP contribution in [0, 0.1) is 0 Å². The van der Waals surface area contributed by atoms with E-state index in [1.54, 1.807) is 0 Å². The van der Waals surface area contributed by atoms with Gasteiger partial charge in [-0.1, -0.05) is 12.8 Å². The second kappa shape index (κ2) is 8.92. The first-order valence-corrected chi connectivity index (χ1v) is 11.7. The van der Waals surface area contributed by atoms with E-state index in [9.17, 15) is 0 Å². The molecule has 4 aromatic rings. The summed E-state index contributed by atoms with van der Waals surface area (Å²) in [5.41, 5.74) is 3.07. The molecule has 2 fully saturated rings. The molecule has 5 heterocycles. The van der Waals surface area contributed by atoms with Gasteiger partial charge >= 0.3 is 0 Å². The van der Waals surface area contributed by atoms with Crippen LogP contribution in [-0.4, -0.2) is 56.8 Å². The van der Waals surface area contributed by atoms with Crippen molar-refractivity contribution >= 4 is 39.4 Å².